The van der Waals surface area contributed by atoms with Crippen molar-refractivity contribution in [2.45, 2.75) is 38.9 Å². The molecular formula is C16H16F3N5O2. The molecule has 10 heteroatoms. The van der Waals surface area contributed by atoms with Crippen molar-refractivity contribution in [3.05, 3.63) is 36.0 Å². The van der Waals surface area contributed by atoms with E-state index in [1.165, 1.54) is 18.4 Å². The van der Waals surface area contributed by atoms with Crippen LogP contribution in [-0.4, -0.2) is 31.0 Å². The Morgan fingerprint density at radius 3 is 2.62 bits per heavy atom. The number of hydrogen-bond acceptors (Lipinski definition) is 5. The molecular weight excluding hydrogens is 351 g/mol. The molecule has 138 valence electrons. The molecule has 0 bridgehead atoms. The van der Waals surface area contributed by atoms with Gasteiger partial charge in [-0.1, -0.05) is 6.92 Å². The molecule has 3 aromatic heterocycles. The van der Waals surface area contributed by atoms with Crippen LogP contribution in [-0.2, 0) is 6.18 Å². The quantitative estimate of drug-likeness (QED) is 0.765. The molecule has 0 aliphatic rings. The summed E-state index contributed by atoms with van der Waals surface area (Å²) in [7, 11) is 0. The number of aromatic nitrogens is 4. The van der Waals surface area contributed by atoms with Gasteiger partial charge in [-0.15, -0.1) is 5.10 Å². The van der Waals surface area contributed by atoms with Gasteiger partial charge in [-0.05, 0) is 38.5 Å². The maximum Gasteiger partial charge on any atom is 0.433 e. The monoisotopic (exact) mass is 367 g/mol. The van der Waals surface area contributed by atoms with Gasteiger partial charge in [-0.3, -0.25) is 4.79 Å². The zero-order valence-electron chi connectivity index (χ0n) is 14.3. The maximum absolute atomic E-state index is 13.4. The van der Waals surface area contributed by atoms with E-state index in [0.717, 1.165) is 6.07 Å². The second kappa shape index (κ2) is 6.11. The van der Waals surface area contributed by atoms with Crippen molar-refractivity contribution in [1.82, 2.24) is 24.9 Å². The number of furan rings is 1. The number of alkyl halides is 3. The molecule has 0 aliphatic carbocycles. The molecule has 7 nitrogen and oxygen atoms in total. The summed E-state index contributed by atoms with van der Waals surface area (Å²) in [4.78, 5) is 20.2. The Balaban J connectivity index is 2.12. The summed E-state index contributed by atoms with van der Waals surface area (Å²) < 4.78 is 45.9. The molecule has 0 unspecified atom stereocenters. The van der Waals surface area contributed by atoms with E-state index in [0.29, 0.717) is 10.9 Å². The molecule has 3 rings (SSSR count). The fraction of sp³-hybridized carbons (Fsp3) is 0.375. The van der Waals surface area contributed by atoms with E-state index in [2.05, 4.69) is 20.4 Å². The first kappa shape index (κ1) is 17.9. The Labute approximate surface area is 146 Å². The van der Waals surface area contributed by atoms with E-state index in [1.807, 2.05) is 6.92 Å². The lowest BCUT2D eigenvalue weighted by molar-refractivity contribution is -0.142. The maximum atomic E-state index is 13.4. The Morgan fingerprint density at radius 2 is 2.04 bits per heavy atom. The van der Waals surface area contributed by atoms with Gasteiger partial charge in [0.05, 0.1) is 6.26 Å². The number of carbonyl (C=O) groups is 1. The highest BCUT2D eigenvalue weighted by Gasteiger charge is 2.36. The summed E-state index contributed by atoms with van der Waals surface area (Å²) in [5.41, 5.74) is -1.70. The largest absolute Gasteiger partial charge is 0.463 e. The molecule has 1 amide bonds. The van der Waals surface area contributed by atoms with E-state index in [-0.39, 0.29) is 23.1 Å². The topological polar surface area (TPSA) is 85.3 Å². The fourth-order valence-electron chi connectivity index (χ4n) is 2.17. The Bertz CT molecular complexity index is 945. The number of carbonyl (C=O) groups excluding carboxylic acids is 1. The van der Waals surface area contributed by atoms with Crippen LogP contribution in [0, 0.1) is 0 Å². The van der Waals surface area contributed by atoms with Crippen molar-refractivity contribution >= 4 is 11.7 Å². The number of nitrogens with one attached hydrogen (secondary N) is 1. The van der Waals surface area contributed by atoms with Crippen LogP contribution in [0.1, 0.15) is 43.5 Å². The van der Waals surface area contributed by atoms with Gasteiger partial charge in [0.1, 0.15) is 5.69 Å². The van der Waals surface area contributed by atoms with Gasteiger partial charge in [-0.25, -0.2) is 4.98 Å². The highest BCUT2D eigenvalue weighted by Crippen LogP contribution is 2.32. The number of rotatable bonds is 4. The van der Waals surface area contributed by atoms with Crippen LogP contribution in [0.15, 0.2) is 28.9 Å². The summed E-state index contributed by atoms with van der Waals surface area (Å²) in [6.45, 7) is 5.44. The normalized spacial score (nSPS) is 12.5. The number of halogens is 3. The minimum Gasteiger partial charge on any atom is -0.463 e. The highest BCUT2D eigenvalue weighted by molar-refractivity contribution is 5.91. The minimum atomic E-state index is -4.72. The smallest absolute Gasteiger partial charge is 0.433 e. The SMILES string of the molecule is CCC(C)(C)NC(=O)c1nc2nc(-c3ccco3)cc(C(F)(F)F)n2n1. The zero-order valence-corrected chi connectivity index (χ0v) is 14.3. The summed E-state index contributed by atoms with van der Waals surface area (Å²) in [5, 5.41) is 6.38. The molecule has 0 saturated heterocycles. The van der Waals surface area contributed by atoms with Crippen LogP contribution in [0.2, 0.25) is 0 Å². The summed E-state index contributed by atoms with van der Waals surface area (Å²) in [6.07, 6.45) is -2.77. The minimum absolute atomic E-state index is 0.0527. The Kier molecular flexibility index (Phi) is 4.21. The third-order valence-corrected chi connectivity index (χ3v) is 3.92. The molecule has 0 atom stereocenters. The highest BCUT2D eigenvalue weighted by atomic mass is 19.4. The van der Waals surface area contributed by atoms with E-state index < -0.39 is 23.3 Å². The Morgan fingerprint density at radius 1 is 1.31 bits per heavy atom. The predicted molar refractivity (Wildman–Crippen MR) is 85.3 cm³/mol. The lowest BCUT2D eigenvalue weighted by Crippen LogP contribution is -2.43. The van der Waals surface area contributed by atoms with Gasteiger partial charge in [0.15, 0.2) is 11.5 Å². The van der Waals surface area contributed by atoms with Gasteiger partial charge < -0.3 is 9.73 Å². The molecule has 0 spiro atoms. The van der Waals surface area contributed by atoms with E-state index in [1.54, 1.807) is 13.8 Å². The molecule has 0 saturated carbocycles. The molecule has 26 heavy (non-hydrogen) atoms. The lowest BCUT2D eigenvalue weighted by Gasteiger charge is -2.23. The number of nitrogens with zero attached hydrogens (tertiary/aromatic N) is 4. The molecule has 0 radical (unpaired) electrons. The van der Waals surface area contributed by atoms with Crippen LogP contribution in [0.5, 0.6) is 0 Å². The number of hydrogen-bond donors (Lipinski definition) is 1. The first-order chi connectivity index (χ1) is 12.1. The van der Waals surface area contributed by atoms with Gasteiger partial charge in [0, 0.05) is 5.54 Å². The van der Waals surface area contributed by atoms with Crippen molar-refractivity contribution in [1.29, 1.82) is 0 Å². The fourth-order valence-corrected chi connectivity index (χ4v) is 2.17. The van der Waals surface area contributed by atoms with Crippen LogP contribution in [0.3, 0.4) is 0 Å². The van der Waals surface area contributed by atoms with Crippen molar-refractivity contribution < 1.29 is 22.4 Å². The second-order valence-electron chi connectivity index (χ2n) is 6.34. The molecule has 0 aromatic carbocycles. The Hall–Kier alpha value is -2.91. The van der Waals surface area contributed by atoms with E-state index in [9.17, 15) is 18.0 Å². The third-order valence-electron chi connectivity index (χ3n) is 3.92. The van der Waals surface area contributed by atoms with E-state index in [4.69, 9.17) is 4.42 Å². The molecule has 3 aromatic rings. The summed E-state index contributed by atoms with van der Waals surface area (Å²) >= 11 is 0. The first-order valence-electron chi connectivity index (χ1n) is 7.82. The van der Waals surface area contributed by atoms with Crippen LogP contribution < -0.4 is 5.32 Å². The predicted octanol–water partition coefficient (Wildman–Crippen LogP) is 3.32. The third kappa shape index (κ3) is 3.39. The molecule has 3 heterocycles. The molecule has 0 fully saturated rings. The van der Waals surface area contributed by atoms with Crippen LogP contribution >= 0.6 is 0 Å². The molecule has 0 aliphatic heterocycles. The van der Waals surface area contributed by atoms with Crippen molar-refractivity contribution in [2.75, 3.05) is 0 Å². The number of fused-ring (bicyclic) bond motifs is 1. The van der Waals surface area contributed by atoms with Crippen molar-refractivity contribution in [3.63, 3.8) is 0 Å². The lowest BCUT2D eigenvalue weighted by atomic mass is 10.0. The standard InChI is InChI=1S/C16H16F3N5O2/c1-4-15(2,3)22-13(25)12-21-14-20-9(10-6-5-7-26-10)8-11(16(17,18)19)24(14)23-12/h5-8H,4H2,1-3H3,(H,22,25). The van der Waals surface area contributed by atoms with Crippen molar-refractivity contribution in [3.8, 4) is 11.5 Å². The van der Waals surface area contributed by atoms with Crippen LogP contribution in [0.25, 0.3) is 17.2 Å². The van der Waals surface area contributed by atoms with Gasteiger partial charge in [0.2, 0.25) is 5.82 Å². The van der Waals surface area contributed by atoms with Gasteiger partial charge >= 0.3 is 6.18 Å². The van der Waals surface area contributed by atoms with Crippen LogP contribution in [0.4, 0.5) is 13.2 Å². The summed E-state index contributed by atoms with van der Waals surface area (Å²) in [5.74, 6) is -1.25. The van der Waals surface area contributed by atoms with Crippen molar-refractivity contribution in [2.24, 2.45) is 0 Å². The molecule has 1 N–H and O–H groups in total. The average molecular weight is 367 g/mol. The average Bonchev–Trinajstić information content (AvgIpc) is 3.21. The second-order valence-corrected chi connectivity index (χ2v) is 6.34. The van der Waals surface area contributed by atoms with Gasteiger partial charge in [0.25, 0.3) is 11.7 Å². The number of amides is 1. The van der Waals surface area contributed by atoms with E-state index >= 15 is 0 Å². The first-order valence-corrected chi connectivity index (χ1v) is 7.82. The summed E-state index contributed by atoms with van der Waals surface area (Å²) in [6, 6.07) is 3.81. The zero-order chi connectivity index (χ0) is 19.1. The van der Waals surface area contributed by atoms with Gasteiger partial charge in [-0.2, -0.15) is 22.7 Å².